The molecule has 1 aromatic carbocycles. The topological polar surface area (TPSA) is 59.5 Å². The van der Waals surface area contributed by atoms with E-state index in [0.29, 0.717) is 11.9 Å². The second kappa shape index (κ2) is 5.20. The lowest BCUT2D eigenvalue weighted by atomic mass is 9.85. The Hall–Kier alpha value is -2.14. The number of aryl methyl sites for hydroxylation is 1. The summed E-state index contributed by atoms with van der Waals surface area (Å²) in [6, 6.07) is 9.44. The standard InChI is InChI=1S/C18H21N3O2/c1-13-11-16-20(12-18(23)9-5-2-6-10-18)17(22)14-7-3-4-8-15(14)21(16)19-13/h3-4,7-8,11,23H,2,5-6,9-10,12H2,1H3. The minimum Gasteiger partial charge on any atom is -0.388 e. The van der Waals surface area contributed by atoms with E-state index in [0.717, 1.165) is 49.0 Å². The van der Waals surface area contributed by atoms with Crippen LogP contribution in [0.15, 0.2) is 35.1 Å². The van der Waals surface area contributed by atoms with Gasteiger partial charge in [-0.2, -0.15) is 5.10 Å². The second-order valence-electron chi connectivity index (χ2n) is 6.75. The first-order chi connectivity index (χ1) is 11.1. The average Bonchev–Trinajstić information content (AvgIpc) is 2.94. The second-order valence-corrected chi connectivity index (χ2v) is 6.75. The van der Waals surface area contributed by atoms with Crippen LogP contribution in [0.25, 0.3) is 16.6 Å². The third-order valence-electron chi connectivity index (χ3n) is 4.93. The molecule has 5 nitrogen and oxygen atoms in total. The van der Waals surface area contributed by atoms with Crippen LogP contribution in [0.3, 0.4) is 0 Å². The van der Waals surface area contributed by atoms with Gasteiger partial charge in [0.25, 0.3) is 5.56 Å². The Morgan fingerprint density at radius 1 is 1.22 bits per heavy atom. The summed E-state index contributed by atoms with van der Waals surface area (Å²) in [6.45, 7) is 2.26. The van der Waals surface area contributed by atoms with Crippen LogP contribution in [0.4, 0.5) is 0 Å². The van der Waals surface area contributed by atoms with E-state index in [9.17, 15) is 9.90 Å². The summed E-state index contributed by atoms with van der Waals surface area (Å²) in [5, 5.41) is 16.1. The molecule has 4 rings (SSSR count). The molecule has 1 saturated carbocycles. The number of benzene rings is 1. The summed E-state index contributed by atoms with van der Waals surface area (Å²) in [5.41, 5.74) is 1.60. The van der Waals surface area contributed by atoms with E-state index in [1.807, 2.05) is 41.8 Å². The maximum absolute atomic E-state index is 13.0. The molecule has 0 amide bonds. The number of hydrogen-bond donors (Lipinski definition) is 1. The largest absolute Gasteiger partial charge is 0.388 e. The van der Waals surface area contributed by atoms with E-state index in [2.05, 4.69) is 5.10 Å². The van der Waals surface area contributed by atoms with Crippen molar-refractivity contribution >= 4 is 16.6 Å². The number of aromatic nitrogens is 3. The quantitative estimate of drug-likeness (QED) is 0.791. The van der Waals surface area contributed by atoms with Crippen molar-refractivity contribution in [3.63, 3.8) is 0 Å². The maximum Gasteiger partial charge on any atom is 0.261 e. The van der Waals surface area contributed by atoms with Crippen LogP contribution in [0.1, 0.15) is 37.8 Å². The van der Waals surface area contributed by atoms with Gasteiger partial charge in [-0.3, -0.25) is 9.36 Å². The van der Waals surface area contributed by atoms with E-state index in [-0.39, 0.29) is 5.56 Å². The van der Waals surface area contributed by atoms with Crippen LogP contribution in [0, 0.1) is 6.92 Å². The first-order valence-corrected chi connectivity index (χ1v) is 8.28. The molecule has 2 heterocycles. The molecule has 0 aliphatic heterocycles. The van der Waals surface area contributed by atoms with E-state index < -0.39 is 5.60 Å². The number of nitrogens with zero attached hydrogens (tertiary/aromatic N) is 3. The fraction of sp³-hybridized carbons (Fsp3) is 0.444. The summed E-state index contributed by atoms with van der Waals surface area (Å²) in [5.74, 6) is 0. The minimum atomic E-state index is -0.788. The van der Waals surface area contributed by atoms with Gasteiger partial charge in [0.05, 0.1) is 28.7 Å². The Bertz CT molecular complexity index is 932. The molecule has 5 heteroatoms. The SMILES string of the molecule is Cc1cc2n(CC3(O)CCCCC3)c(=O)c3ccccc3n2n1. The average molecular weight is 311 g/mol. The minimum absolute atomic E-state index is 0.0491. The van der Waals surface area contributed by atoms with E-state index in [1.54, 1.807) is 4.57 Å². The predicted octanol–water partition coefficient (Wildman–Crippen LogP) is 2.65. The monoisotopic (exact) mass is 311 g/mol. The van der Waals surface area contributed by atoms with Gasteiger partial charge in [-0.05, 0) is 31.9 Å². The smallest absolute Gasteiger partial charge is 0.261 e. The zero-order chi connectivity index (χ0) is 16.0. The molecule has 0 radical (unpaired) electrons. The highest BCUT2D eigenvalue weighted by Crippen LogP contribution is 2.30. The van der Waals surface area contributed by atoms with E-state index in [1.165, 1.54) is 0 Å². The molecule has 1 N–H and O–H groups in total. The normalized spacial score (nSPS) is 17.8. The van der Waals surface area contributed by atoms with Gasteiger partial charge in [0.2, 0.25) is 0 Å². The summed E-state index contributed by atoms with van der Waals surface area (Å²) < 4.78 is 3.52. The van der Waals surface area contributed by atoms with E-state index >= 15 is 0 Å². The van der Waals surface area contributed by atoms with Crippen LogP contribution in [0.5, 0.6) is 0 Å². The van der Waals surface area contributed by atoms with Gasteiger partial charge in [0.15, 0.2) is 0 Å². The van der Waals surface area contributed by atoms with Crippen molar-refractivity contribution in [1.29, 1.82) is 0 Å². The molecule has 0 spiro atoms. The highest BCUT2D eigenvalue weighted by molar-refractivity contribution is 5.80. The molecular formula is C18H21N3O2. The van der Waals surface area contributed by atoms with Crippen molar-refractivity contribution in [1.82, 2.24) is 14.2 Å². The molecule has 23 heavy (non-hydrogen) atoms. The first-order valence-electron chi connectivity index (χ1n) is 8.28. The molecule has 0 atom stereocenters. The molecule has 120 valence electrons. The predicted molar refractivity (Wildman–Crippen MR) is 89.7 cm³/mol. The van der Waals surface area contributed by atoms with Crippen molar-refractivity contribution in [3.8, 4) is 0 Å². The lowest BCUT2D eigenvalue weighted by Gasteiger charge is -2.32. The molecular weight excluding hydrogens is 290 g/mol. The molecule has 0 unspecified atom stereocenters. The maximum atomic E-state index is 13.0. The fourth-order valence-corrected chi connectivity index (χ4v) is 3.76. The highest BCUT2D eigenvalue weighted by Gasteiger charge is 2.31. The highest BCUT2D eigenvalue weighted by atomic mass is 16.3. The van der Waals surface area contributed by atoms with Gasteiger partial charge in [-0.25, -0.2) is 4.52 Å². The summed E-state index contributed by atoms with van der Waals surface area (Å²) in [7, 11) is 0. The lowest BCUT2D eigenvalue weighted by molar-refractivity contribution is -0.0113. The summed E-state index contributed by atoms with van der Waals surface area (Å²) >= 11 is 0. The van der Waals surface area contributed by atoms with Crippen molar-refractivity contribution < 1.29 is 5.11 Å². The molecule has 1 aliphatic carbocycles. The number of fused-ring (bicyclic) bond motifs is 3. The van der Waals surface area contributed by atoms with Gasteiger partial charge in [0, 0.05) is 6.07 Å². The molecule has 2 aromatic heterocycles. The fourth-order valence-electron chi connectivity index (χ4n) is 3.76. The third-order valence-corrected chi connectivity index (χ3v) is 4.93. The zero-order valence-electron chi connectivity index (χ0n) is 13.3. The van der Waals surface area contributed by atoms with Crippen molar-refractivity contribution in [2.75, 3.05) is 0 Å². The van der Waals surface area contributed by atoms with Crippen molar-refractivity contribution in [2.45, 2.75) is 51.2 Å². The Labute approximate surface area is 134 Å². The number of para-hydroxylation sites is 1. The number of hydrogen-bond acceptors (Lipinski definition) is 3. The van der Waals surface area contributed by atoms with Gasteiger partial charge >= 0.3 is 0 Å². The van der Waals surface area contributed by atoms with Crippen LogP contribution >= 0.6 is 0 Å². The van der Waals surface area contributed by atoms with E-state index in [4.69, 9.17) is 0 Å². The van der Waals surface area contributed by atoms with Crippen molar-refractivity contribution in [3.05, 3.63) is 46.4 Å². The lowest BCUT2D eigenvalue weighted by Crippen LogP contribution is -2.40. The summed E-state index contributed by atoms with van der Waals surface area (Å²) in [6.07, 6.45) is 4.72. The van der Waals surface area contributed by atoms with Gasteiger partial charge < -0.3 is 5.11 Å². The van der Waals surface area contributed by atoms with Crippen LogP contribution < -0.4 is 5.56 Å². The Morgan fingerprint density at radius 2 is 1.96 bits per heavy atom. The molecule has 0 saturated heterocycles. The third kappa shape index (κ3) is 2.36. The molecule has 1 aliphatic rings. The number of aliphatic hydroxyl groups is 1. The van der Waals surface area contributed by atoms with Crippen molar-refractivity contribution in [2.24, 2.45) is 0 Å². The van der Waals surface area contributed by atoms with Gasteiger partial charge in [-0.1, -0.05) is 31.4 Å². The summed E-state index contributed by atoms with van der Waals surface area (Å²) in [4.78, 5) is 13.0. The Balaban J connectivity index is 1.97. The Morgan fingerprint density at radius 3 is 2.74 bits per heavy atom. The van der Waals surface area contributed by atoms with Crippen LogP contribution in [0.2, 0.25) is 0 Å². The van der Waals surface area contributed by atoms with Crippen LogP contribution in [-0.2, 0) is 6.54 Å². The van der Waals surface area contributed by atoms with Crippen LogP contribution in [-0.4, -0.2) is 24.9 Å². The molecule has 0 bridgehead atoms. The Kier molecular flexibility index (Phi) is 3.27. The first kappa shape index (κ1) is 14.5. The molecule has 1 fully saturated rings. The number of rotatable bonds is 2. The van der Waals surface area contributed by atoms with Gasteiger partial charge in [0.1, 0.15) is 5.65 Å². The zero-order valence-corrected chi connectivity index (χ0v) is 13.3. The van der Waals surface area contributed by atoms with Gasteiger partial charge in [-0.15, -0.1) is 0 Å². The molecule has 3 aromatic rings.